The number of aromatic hydroxyl groups is 1. The lowest BCUT2D eigenvalue weighted by atomic mass is 9.79. The number of imidazole rings is 1. The van der Waals surface area contributed by atoms with Gasteiger partial charge in [-0.3, -0.25) is 9.55 Å². The average Bonchev–Trinajstić information content (AvgIpc) is 3.68. The minimum atomic E-state index is -3.80. The SMILES string of the molecule is [2H]c1c(-c2cc(-c3ccc(C(C)(C)C)cc3)ccn2)cc(-c2cccc3c2nc(-c2cc(C(C)(C)C)cc(C(C)(C)C)c2O)n3-c2ccc(C)cc2-c2ccccc2)c([2H])c1C(C([2H])([2H])[2H])(C([2H])([2H])[2H])C([2H])([2H])[2H]. The van der Waals surface area contributed by atoms with Crippen LogP contribution in [0.15, 0.2) is 140 Å². The normalized spacial score (nSPS) is 15.7. The Morgan fingerprint density at radius 2 is 1.24 bits per heavy atom. The lowest BCUT2D eigenvalue weighted by molar-refractivity contribution is 0.446. The number of para-hydroxylation sites is 1. The van der Waals surface area contributed by atoms with Crippen molar-refractivity contribution in [2.24, 2.45) is 0 Å². The van der Waals surface area contributed by atoms with Crippen molar-refractivity contribution in [2.45, 2.75) is 111 Å². The maximum absolute atomic E-state index is 12.6. The van der Waals surface area contributed by atoms with Gasteiger partial charge in [0.2, 0.25) is 0 Å². The molecule has 0 atom stereocenters. The van der Waals surface area contributed by atoms with Gasteiger partial charge in [-0.15, -0.1) is 0 Å². The Morgan fingerprint density at radius 3 is 1.90 bits per heavy atom. The first-order chi connectivity index (χ1) is 34.2. The summed E-state index contributed by atoms with van der Waals surface area (Å²) in [7, 11) is 0. The summed E-state index contributed by atoms with van der Waals surface area (Å²) in [5.74, 6) is 0.346. The predicted molar refractivity (Wildman–Crippen MR) is 267 cm³/mol. The van der Waals surface area contributed by atoms with Crippen LogP contribution in [0.5, 0.6) is 5.75 Å². The number of aromatic nitrogens is 3. The van der Waals surface area contributed by atoms with Crippen molar-refractivity contribution in [3.05, 3.63) is 167 Å². The Morgan fingerprint density at radius 1 is 0.540 bits per heavy atom. The number of hydrogen-bond acceptors (Lipinski definition) is 3. The first kappa shape index (κ1) is 31.6. The lowest BCUT2D eigenvalue weighted by Crippen LogP contribution is -2.17. The molecule has 1 N–H and O–H groups in total. The van der Waals surface area contributed by atoms with Crippen LogP contribution in [-0.2, 0) is 21.7 Å². The second kappa shape index (κ2) is 15.8. The molecule has 6 aromatic carbocycles. The van der Waals surface area contributed by atoms with Gasteiger partial charge in [-0.25, -0.2) is 4.98 Å². The van der Waals surface area contributed by atoms with E-state index in [1.54, 1.807) is 24.3 Å². The van der Waals surface area contributed by atoms with Gasteiger partial charge >= 0.3 is 0 Å². The highest BCUT2D eigenvalue weighted by molar-refractivity contribution is 5.98. The fourth-order valence-electron chi connectivity index (χ4n) is 8.15. The summed E-state index contributed by atoms with van der Waals surface area (Å²) in [6, 6.07) is 36.5. The van der Waals surface area contributed by atoms with E-state index >= 15 is 0 Å². The average molecular weight is 841 g/mol. The number of pyridine rings is 1. The smallest absolute Gasteiger partial charge is 0.149 e. The minimum absolute atomic E-state index is 0.0121. The number of phenols is 1. The third-order valence-corrected chi connectivity index (χ3v) is 11.8. The molecule has 0 saturated heterocycles. The predicted octanol–water partition coefficient (Wildman–Crippen LogP) is 16.0. The Balaban J connectivity index is 1.55. The molecule has 8 rings (SSSR count). The number of fused-ring (bicyclic) bond motifs is 1. The van der Waals surface area contributed by atoms with Gasteiger partial charge in [0.15, 0.2) is 0 Å². The molecule has 0 spiro atoms. The van der Waals surface area contributed by atoms with Crippen LogP contribution in [-0.4, -0.2) is 19.6 Å². The van der Waals surface area contributed by atoms with Gasteiger partial charge in [-0.2, -0.15) is 0 Å². The zero-order chi connectivity index (χ0) is 54.5. The molecule has 0 aliphatic carbocycles. The van der Waals surface area contributed by atoms with Gasteiger partial charge in [0.25, 0.3) is 0 Å². The zero-order valence-corrected chi connectivity index (χ0v) is 37.9. The fourth-order valence-corrected chi connectivity index (χ4v) is 8.15. The third-order valence-electron chi connectivity index (χ3n) is 11.8. The van der Waals surface area contributed by atoms with Crippen molar-refractivity contribution in [3.8, 4) is 67.5 Å². The van der Waals surface area contributed by atoms with Crippen molar-refractivity contribution >= 4 is 11.0 Å². The van der Waals surface area contributed by atoms with Gasteiger partial charge in [-0.05, 0) is 116 Å². The van der Waals surface area contributed by atoms with Crippen LogP contribution < -0.4 is 0 Å². The van der Waals surface area contributed by atoms with E-state index in [4.69, 9.17) is 17.3 Å². The molecule has 63 heavy (non-hydrogen) atoms. The van der Waals surface area contributed by atoms with E-state index in [2.05, 4.69) is 52.6 Å². The maximum Gasteiger partial charge on any atom is 0.149 e. The van der Waals surface area contributed by atoms with E-state index in [1.165, 1.54) is 12.3 Å². The standard InChI is InChI=1S/C59H63N3O/c1-37-22-27-51(47(30-37)39-18-15-14-16-19-39)62-52-21-17-20-46(53(52)61-55(62)48-35-45(58(8,9)10)36-49(54(48)63)59(11,12)13)41-31-42(33-44(32-41)57(5,6)7)50-34-40(28-29-60-50)38-23-25-43(26-24-38)56(2,3)4/h14-36,63H,1-13H3/i5D3,6D3,7D3,32D,33D. The Kier molecular flexibility index (Phi) is 7.93. The van der Waals surface area contributed by atoms with Crippen molar-refractivity contribution in [1.82, 2.24) is 14.5 Å². The van der Waals surface area contributed by atoms with E-state index in [9.17, 15) is 7.85 Å². The number of aryl methyl sites for hydroxylation is 1. The molecule has 0 radical (unpaired) electrons. The highest BCUT2D eigenvalue weighted by Crippen LogP contribution is 2.46. The summed E-state index contributed by atoms with van der Waals surface area (Å²) in [6.07, 6.45) is 1.52. The Labute approximate surface area is 391 Å². The molecule has 4 heteroatoms. The summed E-state index contributed by atoms with van der Waals surface area (Å²) < 4.78 is 101. The zero-order valence-electron chi connectivity index (χ0n) is 48.9. The molecule has 8 aromatic rings. The maximum atomic E-state index is 12.6. The molecule has 0 saturated carbocycles. The molecule has 0 aliphatic rings. The number of nitrogens with zero attached hydrogens (tertiary/aromatic N) is 3. The molecular formula is C59H63N3O. The van der Waals surface area contributed by atoms with Crippen molar-refractivity contribution < 1.29 is 20.2 Å². The van der Waals surface area contributed by atoms with Gasteiger partial charge in [0.1, 0.15) is 11.6 Å². The summed E-state index contributed by atoms with van der Waals surface area (Å²) >= 11 is 0. The second-order valence-electron chi connectivity index (χ2n) is 19.9. The minimum Gasteiger partial charge on any atom is -0.507 e. The number of rotatable bonds is 6. The Hall–Kier alpha value is -6.26. The van der Waals surface area contributed by atoms with E-state index in [1.807, 2.05) is 117 Å². The van der Waals surface area contributed by atoms with Crippen molar-refractivity contribution in [3.63, 3.8) is 0 Å². The second-order valence-corrected chi connectivity index (χ2v) is 19.9. The molecule has 4 nitrogen and oxygen atoms in total. The number of phenolic OH excluding ortho intramolecular Hbond substituents is 1. The number of hydrogen-bond donors (Lipinski definition) is 1. The first-order valence-electron chi connectivity index (χ1n) is 27.0. The fraction of sp³-hybridized carbons (Fsp3) is 0.288. The van der Waals surface area contributed by atoms with Crippen LogP contribution >= 0.6 is 0 Å². The van der Waals surface area contributed by atoms with Crippen LogP contribution in [0.25, 0.3) is 72.7 Å². The van der Waals surface area contributed by atoms with Crippen molar-refractivity contribution in [2.75, 3.05) is 0 Å². The topological polar surface area (TPSA) is 50.9 Å². The highest BCUT2D eigenvalue weighted by atomic mass is 16.3. The molecular weight excluding hydrogens is 767 g/mol. The highest BCUT2D eigenvalue weighted by Gasteiger charge is 2.29. The van der Waals surface area contributed by atoms with E-state index in [0.29, 0.717) is 33.7 Å². The molecule has 0 aliphatic heterocycles. The summed E-state index contributed by atoms with van der Waals surface area (Å²) in [5.41, 5.74) is 3.27. The van der Waals surface area contributed by atoms with Gasteiger partial charge in [0.05, 0.1) is 30.7 Å². The number of benzene rings is 6. The van der Waals surface area contributed by atoms with E-state index < -0.39 is 49.0 Å². The Bertz CT molecular complexity index is 3400. The first-order valence-corrected chi connectivity index (χ1v) is 21.5. The quantitative estimate of drug-likeness (QED) is 0.181. The summed E-state index contributed by atoms with van der Waals surface area (Å²) in [5, 5.41) is 12.6. The molecule has 0 fully saturated rings. The summed E-state index contributed by atoms with van der Waals surface area (Å²) in [4.78, 5) is 10.1. The molecule has 2 aromatic heterocycles. The van der Waals surface area contributed by atoms with Crippen LogP contribution in [0.3, 0.4) is 0 Å². The monoisotopic (exact) mass is 841 g/mol. The van der Waals surface area contributed by atoms with Crippen LogP contribution in [0.1, 0.15) is 126 Å². The molecule has 0 bridgehead atoms. The van der Waals surface area contributed by atoms with Gasteiger partial charge in [-0.1, -0.05) is 173 Å². The molecule has 320 valence electrons. The van der Waals surface area contributed by atoms with Gasteiger partial charge < -0.3 is 5.11 Å². The van der Waals surface area contributed by atoms with Crippen LogP contribution in [0, 0.1) is 6.92 Å². The van der Waals surface area contributed by atoms with E-state index in [0.717, 1.165) is 33.4 Å². The molecule has 0 amide bonds. The largest absolute Gasteiger partial charge is 0.507 e. The van der Waals surface area contributed by atoms with Crippen LogP contribution in [0.4, 0.5) is 0 Å². The van der Waals surface area contributed by atoms with E-state index in [-0.39, 0.29) is 44.5 Å². The molecule has 2 heterocycles. The van der Waals surface area contributed by atoms with Gasteiger partial charge in [0, 0.05) is 40.8 Å². The summed E-state index contributed by atoms with van der Waals surface area (Å²) in [6.45, 7) is 9.30. The van der Waals surface area contributed by atoms with Crippen molar-refractivity contribution in [1.29, 1.82) is 0 Å². The third kappa shape index (κ3) is 8.61. The van der Waals surface area contributed by atoms with Crippen LogP contribution in [0.2, 0.25) is 0 Å². The molecule has 0 unspecified atom stereocenters. The lowest BCUT2D eigenvalue weighted by Gasteiger charge is -2.27.